The highest BCUT2D eigenvalue weighted by Gasteiger charge is 2.62. The fourth-order valence-electron chi connectivity index (χ4n) is 6.17. The van der Waals surface area contributed by atoms with E-state index in [0.29, 0.717) is 6.42 Å². The maximum absolute atomic E-state index is 14.0. The molecule has 2 saturated heterocycles. The van der Waals surface area contributed by atoms with Crippen LogP contribution in [0.5, 0.6) is 0 Å². The Morgan fingerprint density at radius 2 is 1.95 bits per heavy atom. The number of aromatic amines is 1. The fourth-order valence-corrected chi connectivity index (χ4v) is 6.17. The minimum Gasteiger partial charge on any atom is -0.381 e. The van der Waals surface area contributed by atoms with Crippen LogP contribution in [0.2, 0.25) is 0 Å². The van der Waals surface area contributed by atoms with Crippen molar-refractivity contribution in [2.45, 2.75) is 63.8 Å². The summed E-state index contributed by atoms with van der Waals surface area (Å²) in [4.78, 5) is 32.4. The van der Waals surface area contributed by atoms with Crippen molar-refractivity contribution in [1.82, 2.24) is 15.2 Å². The molecule has 3 unspecified atom stereocenters. The van der Waals surface area contributed by atoms with Gasteiger partial charge < -0.3 is 25.6 Å². The Hall–Kier alpha value is -4.10. The molecule has 7 nitrogen and oxygen atoms in total. The van der Waals surface area contributed by atoms with Gasteiger partial charge in [-0.1, -0.05) is 68.0 Å². The van der Waals surface area contributed by atoms with Crippen molar-refractivity contribution >= 4 is 34.5 Å². The number of aromatic nitrogens is 1. The van der Waals surface area contributed by atoms with Gasteiger partial charge in [-0.25, -0.2) is 0 Å². The van der Waals surface area contributed by atoms with Crippen molar-refractivity contribution < 1.29 is 14.7 Å². The number of fused-ring (bicyclic) bond motifs is 6. The Bertz CT molecular complexity index is 1610. The second kappa shape index (κ2) is 8.71. The van der Waals surface area contributed by atoms with Gasteiger partial charge in [0.15, 0.2) is 0 Å². The van der Waals surface area contributed by atoms with E-state index in [9.17, 15) is 14.7 Å². The van der Waals surface area contributed by atoms with Gasteiger partial charge >= 0.3 is 0 Å². The Morgan fingerprint density at radius 3 is 2.69 bits per heavy atom. The average Bonchev–Trinajstić information content (AvgIpc) is 3.52. The summed E-state index contributed by atoms with van der Waals surface area (Å²) in [6.45, 7) is 12.2. The Balaban J connectivity index is 1.42. The van der Waals surface area contributed by atoms with Crippen LogP contribution in [-0.2, 0) is 27.0 Å². The van der Waals surface area contributed by atoms with Gasteiger partial charge in [-0.15, -0.1) is 6.58 Å². The van der Waals surface area contributed by atoms with Gasteiger partial charge in [-0.2, -0.15) is 0 Å². The third-order valence-electron chi connectivity index (χ3n) is 8.41. The third-order valence-corrected chi connectivity index (χ3v) is 8.41. The number of hydrogen-bond acceptors (Lipinski definition) is 4. The van der Waals surface area contributed by atoms with Gasteiger partial charge in [0.25, 0.3) is 5.91 Å². The molecule has 3 atom stereocenters. The highest BCUT2D eigenvalue weighted by Crippen LogP contribution is 2.51. The van der Waals surface area contributed by atoms with Crippen LogP contribution in [0.3, 0.4) is 0 Å². The predicted molar refractivity (Wildman–Crippen MR) is 154 cm³/mol. The summed E-state index contributed by atoms with van der Waals surface area (Å²) in [7, 11) is 0. The number of para-hydroxylation sites is 2. The molecule has 0 radical (unpaired) electrons. The van der Waals surface area contributed by atoms with Crippen molar-refractivity contribution in [3.63, 3.8) is 0 Å². The van der Waals surface area contributed by atoms with Gasteiger partial charge in [-0.3, -0.25) is 9.59 Å². The zero-order chi connectivity index (χ0) is 27.7. The quantitative estimate of drug-likeness (QED) is 0.284. The molecule has 6 rings (SSSR count). The van der Waals surface area contributed by atoms with Gasteiger partial charge in [0.1, 0.15) is 23.5 Å². The smallest absolute Gasteiger partial charge is 0.272 e. The molecule has 2 amide bonds. The topological polar surface area (TPSA) is 97.5 Å². The summed E-state index contributed by atoms with van der Waals surface area (Å²) in [5.41, 5.74) is 4.94. The molecule has 7 heteroatoms. The zero-order valence-electron chi connectivity index (χ0n) is 22.8. The number of allylic oxidation sites excluding steroid dienone is 3. The van der Waals surface area contributed by atoms with Gasteiger partial charge in [0.2, 0.25) is 5.91 Å². The lowest BCUT2D eigenvalue weighted by Crippen LogP contribution is -2.58. The summed E-state index contributed by atoms with van der Waals surface area (Å²) in [5, 5.41) is 19.2. The van der Waals surface area contributed by atoms with E-state index >= 15 is 0 Å². The van der Waals surface area contributed by atoms with E-state index in [0.717, 1.165) is 39.0 Å². The van der Waals surface area contributed by atoms with Crippen molar-refractivity contribution in [2.75, 3.05) is 5.32 Å². The number of H-pyrrole nitrogens is 1. The standard InChI is InChI=1S/C32H34N4O3/c1-6-31(4,5)27-21(20-11-7-8-13-23(20)33-27)16-24-29(38)36-25(28(37)34-24)17-32(39)22-12-9-10-19(15-14-18(2)3)26(22)35-30(32)36/h6-14,16,25,30,33,35,39H,1,15,17H2,2-5H3,(H,34,37). The molecule has 3 aliphatic heterocycles. The summed E-state index contributed by atoms with van der Waals surface area (Å²) < 4.78 is 0. The number of amides is 2. The molecule has 4 N–H and O–H groups in total. The molecule has 2 aromatic carbocycles. The number of piperazine rings is 1. The molecule has 4 heterocycles. The summed E-state index contributed by atoms with van der Waals surface area (Å²) in [6, 6.07) is 13.0. The van der Waals surface area contributed by atoms with E-state index in [1.807, 2.05) is 48.5 Å². The molecule has 3 aliphatic rings. The number of aliphatic hydroxyl groups is 1. The molecular formula is C32H34N4O3. The number of carbonyl (C=O) groups is 2. The molecule has 0 bridgehead atoms. The first-order valence-corrected chi connectivity index (χ1v) is 13.4. The molecule has 0 aliphatic carbocycles. The number of nitrogens with zero attached hydrogens (tertiary/aromatic N) is 1. The van der Waals surface area contributed by atoms with Crippen LogP contribution in [-0.4, -0.2) is 39.0 Å². The van der Waals surface area contributed by atoms with Crippen LogP contribution in [0.15, 0.2) is 72.5 Å². The van der Waals surface area contributed by atoms with Crippen LogP contribution < -0.4 is 10.6 Å². The number of nitrogens with one attached hydrogen (secondary N) is 3. The molecule has 2 fully saturated rings. The van der Waals surface area contributed by atoms with Crippen molar-refractivity contribution in [3.8, 4) is 0 Å². The van der Waals surface area contributed by atoms with Crippen molar-refractivity contribution in [3.05, 3.63) is 94.8 Å². The highest BCUT2D eigenvalue weighted by atomic mass is 16.3. The average molecular weight is 523 g/mol. The maximum Gasteiger partial charge on any atom is 0.272 e. The Morgan fingerprint density at radius 1 is 1.18 bits per heavy atom. The zero-order valence-corrected chi connectivity index (χ0v) is 22.8. The summed E-state index contributed by atoms with van der Waals surface area (Å²) in [6.07, 6.45) is 5.88. The van der Waals surface area contributed by atoms with Gasteiger partial charge in [-0.05, 0) is 38.0 Å². The van der Waals surface area contributed by atoms with E-state index < -0.39 is 23.2 Å². The fraction of sp³-hybridized carbons (Fsp3) is 0.312. The molecule has 0 saturated carbocycles. The SMILES string of the molecule is C=CC(C)(C)c1[nH]c2ccccc2c1C=C1NC(=O)C2CC3(O)c4cccc(CC=C(C)C)c4NC3N2C1=O. The first kappa shape index (κ1) is 25.2. The van der Waals surface area contributed by atoms with Gasteiger partial charge in [0.05, 0.1) is 0 Å². The molecule has 39 heavy (non-hydrogen) atoms. The van der Waals surface area contributed by atoms with Crippen LogP contribution in [0.4, 0.5) is 5.69 Å². The lowest BCUT2D eigenvalue weighted by Gasteiger charge is -2.35. The van der Waals surface area contributed by atoms with Crippen LogP contribution in [0.25, 0.3) is 17.0 Å². The second-order valence-corrected chi connectivity index (χ2v) is 11.7. The normalized spacial score (nSPS) is 24.7. The number of anilines is 1. The number of hydrogen-bond donors (Lipinski definition) is 4. The molecule has 1 aromatic heterocycles. The van der Waals surface area contributed by atoms with E-state index in [1.54, 1.807) is 6.08 Å². The minimum absolute atomic E-state index is 0.135. The molecule has 0 spiro atoms. The molecule has 200 valence electrons. The van der Waals surface area contributed by atoms with Crippen LogP contribution in [0.1, 0.15) is 56.5 Å². The number of rotatable bonds is 5. The highest BCUT2D eigenvalue weighted by molar-refractivity contribution is 6.09. The third kappa shape index (κ3) is 3.75. The number of benzene rings is 2. The Kier molecular flexibility index (Phi) is 5.63. The van der Waals surface area contributed by atoms with E-state index in [1.165, 1.54) is 10.5 Å². The van der Waals surface area contributed by atoms with E-state index in [4.69, 9.17) is 0 Å². The van der Waals surface area contributed by atoms with E-state index in [2.05, 4.69) is 56.0 Å². The van der Waals surface area contributed by atoms with Crippen molar-refractivity contribution in [1.29, 1.82) is 0 Å². The molecular weight excluding hydrogens is 488 g/mol. The lowest BCUT2D eigenvalue weighted by atomic mass is 9.86. The van der Waals surface area contributed by atoms with Crippen molar-refractivity contribution in [2.24, 2.45) is 0 Å². The summed E-state index contributed by atoms with van der Waals surface area (Å²) >= 11 is 0. The minimum atomic E-state index is -1.36. The number of carbonyl (C=O) groups excluding carboxylic acids is 2. The predicted octanol–water partition coefficient (Wildman–Crippen LogP) is 4.85. The second-order valence-electron chi connectivity index (χ2n) is 11.7. The largest absolute Gasteiger partial charge is 0.381 e. The first-order valence-electron chi connectivity index (χ1n) is 13.4. The van der Waals surface area contributed by atoms with Crippen LogP contribution >= 0.6 is 0 Å². The summed E-state index contributed by atoms with van der Waals surface area (Å²) in [5.74, 6) is -0.614. The van der Waals surface area contributed by atoms with E-state index in [-0.39, 0.29) is 23.9 Å². The lowest BCUT2D eigenvalue weighted by molar-refractivity contribution is -0.142. The van der Waals surface area contributed by atoms with Crippen LogP contribution in [0, 0.1) is 0 Å². The van der Waals surface area contributed by atoms with Gasteiger partial charge in [0, 0.05) is 45.2 Å². The Labute approximate surface area is 228 Å². The monoisotopic (exact) mass is 522 g/mol. The first-order chi connectivity index (χ1) is 18.5. The molecule has 3 aromatic rings. The maximum atomic E-state index is 14.0.